The molecule has 60 valence electrons. The van der Waals surface area contributed by atoms with Gasteiger partial charge in [-0.2, -0.15) is 4.89 Å². The van der Waals surface area contributed by atoms with Gasteiger partial charge in [0.25, 0.3) is 0 Å². The summed E-state index contributed by atoms with van der Waals surface area (Å²) in [7, 11) is 1.22. The number of carbonyl (C=O) groups excluding carboxylic acids is 1. The molecule has 0 unspecified atom stereocenters. The van der Waals surface area contributed by atoms with E-state index < -0.39 is 11.8 Å². The van der Waals surface area contributed by atoms with Crippen LogP contribution in [0.25, 0.3) is 0 Å². The molecule has 10 heavy (non-hydrogen) atoms. The first-order valence-electron chi connectivity index (χ1n) is 2.89. The summed E-state index contributed by atoms with van der Waals surface area (Å²) in [6.45, 7) is 5.28. The quantitative estimate of drug-likeness (QED) is 0.321. The molecule has 0 bridgehead atoms. The van der Waals surface area contributed by atoms with Crippen LogP contribution in [0.15, 0.2) is 0 Å². The van der Waals surface area contributed by atoms with Crippen molar-refractivity contribution in [2.45, 2.75) is 26.4 Å². The van der Waals surface area contributed by atoms with Crippen LogP contribution in [0, 0.1) is 0 Å². The van der Waals surface area contributed by atoms with E-state index in [4.69, 9.17) is 0 Å². The molecule has 0 aliphatic heterocycles. The smallest absolute Gasteiger partial charge is 0.436 e. The van der Waals surface area contributed by atoms with Crippen molar-refractivity contribution >= 4 is 6.16 Å². The third kappa shape index (κ3) is 5.37. The maximum atomic E-state index is 10.3. The fourth-order valence-corrected chi connectivity index (χ4v) is 0.193. The zero-order chi connectivity index (χ0) is 8.20. The first-order chi connectivity index (χ1) is 4.45. The number of hydrogen-bond donors (Lipinski definition) is 0. The summed E-state index contributed by atoms with van der Waals surface area (Å²) in [6.07, 6.45) is -0.838. The second kappa shape index (κ2) is 3.41. The molecule has 0 spiro atoms. The molecule has 0 aromatic heterocycles. The summed E-state index contributed by atoms with van der Waals surface area (Å²) in [4.78, 5) is 19.1. The SMILES string of the molecule is COC(=O)OOC(C)(C)C. The number of rotatable bonds is 1. The highest BCUT2D eigenvalue weighted by Gasteiger charge is 2.14. The average molecular weight is 148 g/mol. The van der Waals surface area contributed by atoms with Gasteiger partial charge in [0.05, 0.1) is 7.11 Å². The van der Waals surface area contributed by atoms with Gasteiger partial charge in [-0.25, -0.2) is 4.79 Å². The van der Waals surface area contributed by atoms with Crippen LogP contribution in [0.2, 0.25) is 0 Å². The maximum Gasteiger partial charge on any atom is 0.540 e. The Labute approximate surface area is 60.0 Å². The second-order valence-electron chi connectivity index (χ2n) is 2.73. The Morgan fingerprint density at radius 3 is 2.10 bits per heavy atom. The van der Waals surface area contributed by atoms with Crippen LogP contribution >= 0.6 is 0 Å². The summed E-state index contributed by atoms with van der Waals surface area (Å²) < 4.78 is 4.16. The van der Waals surface area contributed by atoms with Crippen LogP contribution < -0.4 is 0 Å². The average Bonchev–Trinajstić information content (AvgIpc) is 1.81. The van der Waals surface area contributed by atoms with Crippen molar-refractivity contribution in [3.8, 4) is 0 Å². The van der Waals surface area contributed by atoms with E-state index in [-0.39, 0.29) is 0 Å². The Bertz CT molecular complexity index is 113. The lowest BCUT2D eigenvalue weighted by molar-refractivity contribution is -0.310. The molecule has 0 aliphatic rings. The predicted molar refractivity (Wildman–Crippen MR) is 34.3 cm³/mol. The Kier molecular flexibility index (Phi) is 3.15. The maximum absolute atomic E-state index is 10.3. The van der Waals surface area contributed by atoms with E-state index in [2.05, 4.69) is 14.5 Å². The summed E-state index contributed by atoms with van der Waals surface area (Å²) in [5, 5.41) is 0. The summed E-state index contributed by atoms with van der Waals surface area (Å²) >= 11 is 0. The minimum atomic E-state index is -0.838. The highest BCUT2D eigenvalue weighted by Crippen LogP contribution is 2.06. The van der Waals surface area contributed by atoms with Crippen molar-refractivity contribution in [1.29, 1.82) is 0 Å². The van der Waals surface area contributed by atoms with E-state index in [1.54, 1.807) is 20.8 Å². The fourth-order valence-electron chi connectivity index (χ4n) is 0.193. The first-order valence-corrected chi connectivity index (χ1v) is 2.89. The lowest BCUT2D eigenvalue weighted by Crippen LogP contribution is -2.21. The number of carbonyl (C=O) groups is 1. The van der Waals surface area contributed by atoms with Gasteiger partial charge < -0.3 is 4.74 Å². The summed E-state index contributed by atoms with van der Waals surface area (Å²) in [5.74, 6) is 0. The zero-order valence-corrected chi connectivity index (χ0v) is 6.63. The number of ether oxygens (including phenoxy) is 1. The Hall–Kier alpha value is -0.770. The molecule has 4 nitrogen and oxygen atoms in total. The van der Waals surface area contributed by atoms with Crippen molar-refractivity contribution in [2.24, 2.45) is 0 Å². The van der Waals surface area contributed by atoms with E-state index in [1.807, 2.05) is 0 Å². The minimum Gasteiger partial charge on any atom is -0.436 e. The van der Waals surface area contributed by atoms with Crippen LogP contribution in [-0.4, -0.2) is 18.9 Å². The molecular weight excluding hydrogens is 136 g/mol. The van der Waals surface area contributed by atoms with Gasteiger partial charge in [-0.15, -0.1) is 0 Å². The van der Waals surface area contributed by atoms with Crippen molar-refractivity contribution < 1.29 is 19.3 Å². The molecule has 0 fully saturated rings. The third-order valence-electron chi connectivity index (χ3n) is 0.526. The standard InChI is InChI=1S/C6H12O4/c1-6(2,3)10-9-5(7)8-4/h1-4H3. The van der Waals surface area contributed by atoms with Crippen LogP contribution in [-0.2, 0) is 14.5 Å². The molecular formula is C6H12O4. The lowest BCUT2D eigenvalue weighted by atomic mass is 10.2. The van der Waals surface area contributed by atoms with Gasteiger partial charge in [-0.05, 0) is 20.8 Å². The molecule has 0 heterocycles. The number of hydrogen-bond acceptors (Lipinski definition) is 4. The Morgan fingerprint density at radius 1 is 1.30 bits per heavy atom. The molecule has 0 rings (SSSR count). The molecule has 0 aliphatic carbocycles. The van der Waals surface area contributed by atoms with Crippen LogP contribution in [0.4, 0.5) is 4.79 Å². The van der Waals surface area contributed by atoms with Gasteiger partial charge in [0.1, 0.15) is 5.60 Å². The fraction of sp³-hybridized carbons (Fsp3) is 0.833. The number of methoxy groups -OCH3 is 1. The molecule has 0 aromatic rings. The first kappa shape index (κ1) is 9.23. The summed E-state index contributed by atoms with van der Waals surface area (Å²) in [5.41, 5.74) is -0.492. The van der Waals surface area contributed by atoms with Crippen molar-refractivity contribution in [3.05, 3.63) is 0 Å². The molecule has 4 heteroatoms. The van der Waals surface area contributed by atoms with Crippen molar-refractivity contribution in [1.82, 2.24) is 0 Å². The predicted octanol–water partition coefficient (Wildman–Crippen LogP) is 1.50. The van der Waals surface area contributed by atoms with Crippen molar-refractivity contribution in [3.63, 3.8) is 0 Å². The molecule has 0 amide bonds. The molecule has 0 radical (unpaired) electrons. The van der Waals surface area contributed by atoms with Crippen LogP contribution in [0.1, 0.15) is 20.8 Å². The molecule has 0 N–H and O–H groups in total. The highest BCUT2D eigenvalue weighted by molar-refractivity contribution is 5.58. The molecule has 0 saturated heterocycles. The van der Waals surface area contributed by atoms with Gasteiger partial charge in [0, 0.05) is 0 Å². The van der Waals surface area contributed by atoms with E-state index in [9.17, 15) is 4.79 Å². The van der Waals surface area contributed by atoms with Crippen LogP contribution in [0.5, 0.6) is 0 Å². The third-order valence-corrected chi connectivity index (χ3v) is 0.526. The topological polar surface area (TPSA) is 44.8 Å². The van der Waals surface area contributed by atoms with Crippen LogP contribution in [0.3, 0.4) is 0 Å². The normalized spacial score (nSPS) is 10.8. The zero-order valence-electron chi connectivity index (χ0n) is 6.63. The van der Waals surface area contributed by atoms with Gasteiger partial charge in [0.2, 0.25) is 0 Å². The monoisotopic (exact) mass is 148 g/mol. The van der Waals surface area contributed by atoms with E-state index in [0.29, 0.717) is 0 Å². The van der Waals surface area contributed by atoms with Gasteiger partial charge in [-0.1, -0.05) is 0 Å². The van der Waals surface area contributed by atoms with Gasteiger partial charge in [-0.3, -0.25) is 4.89 Å². The van der Waals surface area contributed by atoms with Crippen molar-refractivity contribution in [2.75, 3.05) is 7.11 Å². The van der Waals surface area contributed by atoms with E-state index in [1.165, 1.54) is 7.11 Å². The lowest BCUT2D eigenvalue weighted by Gasteiger charge is -2.15. The highest BCUT2D eigenvalue weighted by atomic mass is 17.2. The molecule has 0 atom stereocenters. The summed E-state index contributed by atoms with van der Waals surface area (Å²) in [6, 6.07) is 0. The van der Waals surface area contributed by atoms with Gasteiger partial charge >= 0.3 is 6.16 Å². The van der Waals surface area contributed by atoms with E-state index >= 15 is 0 Å². The molecule has 0 aromatic carbocycles. The molecule has 0 saturated carbocycles. The van der Waals surface area contributed by atoms with Gasteiger partial charge in [0.15, 0.2) is 0 Å². The van der Waals surface area contributed by atoms with E-state index in [0.717, 1.165) is 0 Å². The minimum absolute atomic E-state index is 0.492. The Morgan fingerprint density at radius 2 is 1.80 bits per heavy atom. The Balaban J connectivity index is 3.46. The largest absolute Gasteiger partial charge is 0.540 e. The second-order valence-corrected chi connectivity index (χ2v) is 2.73.